The van der Waals surface area contributed by atoms with Gasteiger partial charge in [-0.3, -0.25) is 0 Å². The van der Waals surface area contributed by atoms with Gasteiger partial charge in [0.15, 0.2) is 0 Å². The molecule has 1 unspecified atom stereocenters. The molecule has 72 valence electrons. The van der Waals surface area contributed by atoms with Crippen molar-refractivity contribution in [1.29, 1.82) is 0 Å². The smallest absolute Gasteiger partial charge is 0.104 e. The van der Waals surface area contributed by atoms with Gasteiger partial charge in [-0.05, 0) is 44.9 Å². The van der Waals surface area contributed by atoms with Crippen molar-refractivity contribution < 1.29 is 4.42 Å². The van der Waals surface area contributed by atoms with Crippen LogP contribution in [0, 0.1) is 5.92 Å². The highest BCUT2D eigenvalue weighted by Gasteiger charge is 2.30. The molecule has 0 radical (unpaired) electrons. The molecule has 1 aliphatic rings. The van der Waals surface area contributed by atoms with E-state index in [1.807, 2.05) is 6.07 Å². The van der Waals surface area contributed by atoms with Crippen molar-refractivity contribution in [2.24, 2.45) is 5.92 Å². The van der Waals surface area contributed by atoms with E-state index in [4.69, 9.17) is 4.42 Å². The van der Waals surface area contributed by atoms with E-state index in [0.717, 1.165) is 24.6 Å². The molecule has 0 aliphatic carbocycles. The molecule has 0 bridgehead atoms. The van der Waals surface area contributed by atoms with Crippen molar-refractivity contribution in [3.63, 3.8) is 0 Å². The molecule has 1 fully saturated rings. The lowest BCUT2D eigenvalue weighted by Crippen LogP contribution is -2.31. The molecule has 1 aromatic rings. The van der Waals surface area contributed by atoms with Crippen LogP contribution in [0.3, 0.4) is 0 Å². The van der Waals surface area contributed by atoms with Crippen LogP contribution in [0.2, 0.25) is 0 Å². The van der Waals surface area contributed by atoms with Crippen LogP contribution in [0.1, 0.15) is 26.0 Å². The van der Waals surface area contributed by atoms with Crippen molar-refractivity contribution in [3.05, 3.63) is 24.2 Å². The maximum absolute atomic E-state index is 5.34. The number of furan rings is 1. The molecule has 2 heteroatoms. The Morgan fingerprint density at radius 1 is 1.62 bits per heavy atom. The molecule has 0 saturated carbocycles. The van der Waals surface area contributed by atoms with Gasteiger partial charge >= 0.3 is 0 Å². The van der Waals surface area contributed by atoms with E-state index in [-0.39, 0.29) is 0 Å². The number of rotatable bonds is 2. The SMILES string of the molecule is CC1(C)CC(Cc2ccco2)CN1. The second kappa shape index (κ2) is 3.18. The molecule has 0 spiro atoms. The summed E-state index contributed by atoms with van der Waals surface area (Å²) in [5.41, 5.74) is 0.317. The van der Waals surface area contributed by atoms with E-state index < -0.39 is 0 Å². The van der Waals surface area contributed by atoms with E-state index in [0.29, 0.717) is 5.54 Å². The fourth-order valence-electron chi connectivity index (χ4n) is 2.14. The minimum Gasteiger partial charge on any atom is -0.469 e. The maximum Gasteiger partial charge on any atom is 0.104 e. The summed E-state index contributed by atoms with van der Waals surface area (Å²) >= 11 is 0. The van der Waals surface area contributed by atoms with Crippen molar-refractivity contribution in [2.45, 2.75) is 32.2 Å². The predicted molar refractivity (Wildman–Crippen MR) is 52.6 cm³/mol. The van der Waals surface area contributed by atoms with Gasteiger partial charge in [0.25, 0.3) is 0 Å². The lowest BCUT2D eigenvalue weighted by molar-refractivity contribution is 0.420. The molecule has 2 heterocycles. The van der Waals surface area contributed by atoms with Crippen LogP contribution >= 0.6 is 0 Å². The first-order valence-corrected chi connectivity index (χ1v) is 4.93. The fraction of sp³-hybridized carbons (Fsp3) is 0.636. The Hall–Kier alpha value is -0.760. The Kier molecular flexibility index (Phi) is 2.16. The van der Waals surface area contributed by atoms with Crippen LogP contribution < -0.4 is 5.32 Å². The number of nitrogens with one attached hydrogen (secondary N) is 1. The normalized spacial score (nSPS) is 26.5. The minimum absolute atomic E-state index is 0.317. The zero-order valence-corrected chi connectivity index (χ0v) is 8.34. The second-order valence-corrected chi connectivity index (χ2v) is 4.62. The van der Waals surface area contributed by atoms with Gasteiger partial charge < -0.3 is 9.73 Å². The van der Waals surface area contributed by atoms with Crippen LogP contribution in [0.4, 0.5) is 0 Å². The summed E-state index contributed by atoms with van der Waals surface area (Å²) in [6.07, 6.45) is 4.07. The number of hydrogen-bond donors (Lipinski definition) is 1. The zero-order chi connectivity index (χ0) is 9.31. The second-order valence-electron chi connectivity index (χ2n) is 4.62. The monoisotopic (exact) mass is 179 g/mol. The highest BCUT2D eigenvalue weighted by molar-refractivity contribution is 5.02. The van der Waals surface area contributed by atoms with E-state index in [1.165, 1.54) is 6.42 Å². The molecule has 2 rings (SSSR count). The molecule has 1 saturated heterocycles. The third kappa shape index (κ3) is 2.13. The van der Waals surface area contributed by atoms with Crippen molar-refractivity contribution >= 4 is 0 Å². The average molecular weight is 179 g/mol. The summed E-state index contributed by atoms with van der Waals surface area (Å²) in [4.78, 5) is 0. The molecular formula is C11H17NO. The van der Waals surface area contributed by atoms with Crippen LogP contribution in [-0.2, 0) is 6.42 Å². The average Bonchev–Trinajstić information content (AvgIpc) is 2.61. The van der Waals surface area contributed by atoms with E-state index in [1.54, 1.807) is 6.26 Å². The van der Waals surface area contributed by atoms with Crippen molar-refractivity contribution in [2.75, 3.05) is 6.54 Å². The Morgan fingerprint density at radius 3 is 3.00 bits per heavy atom. The number of hydrogen-bond acceptors (Lipinski definition) is 2. The van der Waals surface area contributed by atoms with Crippen LogP contribution in [0.25, 0.3) is 0 Å². The largest absolute Gasteiger partial charge is 0.469 e. The summed E-state index contributed by atoms with van der Waals surface area (Å²) in [6, 6.07) is 4.02. The van der Waals surface area contributed by atoms with Crippen LogP contribution in [0.5, 0.6) is 0 Å². The summed E-state index contributed by atoms with van der Waals surface area (Å²) in [7, 11) is 0. The van der Waals surface area contributed by atoms with Gasteiger partial charge in [0.05, 0.1) is 6.26 Å². The van der Waals surface area contributed by atoms with Gasteiger partial charge in [0.2, 0.25) is 0 Å². The maximum atomic E-state index is 5.34. The minimum atomic E-state index is 0.317. The Balaban J connectivity index is 1.91. The molecule has 13 heavy (non-hydrogen) atoms. The molecule has 2 nitrogen and oxygen atoms in total. The zero-order valence-electron chi connectivity index (χ0n) is 8.34. The molecule has 1 aliphatic heterocycles. The van der Waals surface area contributed by atoms with Crippen molar-refractivity contribution in [1.82, 2.24) is 5.32 Å². The van der Waals surface area contributed by atoms with Gasteiger partial charge in [0.1, 0.15) is 5.76 Å². The van der Waals surface area contributed by atoms with E-state index in [9.17, 15) is 0 Å². The molecule has 1 atom stereocenters. The van der Waals surface area contributed by atoms with Gasteiger partial charge in [-0.1, -0.05) is 0 Å². The summed E-state index contributed by atoms with van der Waals surface area (Å²) in [6.45, 7) is 5.64. The quantitative estimate of drug-likeness (QED) is 0.753. The summed E-state index contributed by atoms with van der Waals surface area (Å²) in [5, 5.41) is 3.52. The molecule has 0 amide bonds. The highest BCUT2D eigenvalue weighted by Crippen LogP contribution is 2.25. The van der Waals surface area contributed by atoms with Gasteiger partial charge in [-0.15, -0.1) is 0 Å². The van der Waals surface area contributed by atoms with Crippen molar-refractivity contribution in [3.8, 4) is 0 Å². The summed E-state index contributed by atoms with van der Waals surface area (Å²) < 4.78 is 5.34. The van der Waals surface area contributed by atoms with Gasteiger partial charge in [0, 0.05) is 12.0 Å². The summed E-state index contributed by atoms with van der Waals surface area (Å²) in [5.74, 6) is 1.85. The molecule has 1 aromatic heterocycles. The lowest BCUT2D eigenvalue weighted by Gasteiger charge is -2.16. The van der Waals surface area contributed by atoms with E-state index in [2.05, 4.69) is 25.2 Å². The lowest BCUT2D eigenvalue weighted by atomic mass is 9.94. The highest BCUT2D eigenvalue weighted by atomic mass is 16.3. The van der Waals surface area contributed by atoms with Gasteiger partial charge in [-0.25, -0.2) is 0 Å². The topological polar surface area (TPSA) is 25.2 Å². The van der Waals surface area contributed by atoms with E-state index >= 15 is 0 Å². The standard InChI is InChI=1S/C11H17NO/c1-11(2)7-9(8-12-11)6-10-4-3-5-13-10/h3-5,9,12H,6-8H2,1-2H3. The third-order valence-electron chi connectivity index (χ3n) is 2.74. The molecule has 1 N–H and O–H groups in total. The molecule has 0 aromatic carbocycles. The van der Waals surface area contributed by atoms with Gasteiger partial charge in [-0.2, -0.15) is 0 Å². The first kappa shape index (κ1) is 8.82. The third-order valence-corrected chi connectivity index (χ3v) is 2.74. The Bertz CT molecular complexity index is 264. The van der Waals surface area contributed by atoms with Crippen LogP contribution in [-0.4, -0.2) is 12.1 Å². The Labute approximate surface area is 79.3 Å². The fourth-order valence-corrected chi connectivity index (χ4v) is 2.14. The van der Waals surface area contributed by atoms with Crippen LogP contribution in [0.15, 0.2) is 22.8 Å². The molecular weight excluding hydrogens is 162 g/mol. The first-order valence-electron chi connectivity index (χ1n) is 4.93. The predicted octanol–water partition coefficient (Wildman–Crippen LogP) is 2.21. The first-order chi connectivity index (χ1) is 6.16. The Morgan fingerprint density at radius 2 is 2.46 bits per heavy atom.